The molecule has 0 saturated carbocycles. The lowest BCUT2D eigenvalue weighted by Crippen LogP contribution is -3.13. The molecule has 0 aliphatic carbocycles. The molecule has 0 aromatic heterocycles. The molecule has 2 aromatic carbocycles. The molecule has 26 heavy (non-hydrogen) atoms. The van der Waals surface area contributed by atoms with E-state index in [4.69, 9.17) is 0 Å². The van der Waals surface area contributed by atoms with Crippen LogP contribution < -0.4 is 4.90 Å². The highest BCUT2D eigenvalue weighted by Crippen LogP contribution is 2.19. The molecule has 4 heteroatoms. The van der Waals surface area contributed by atoms with Crippen LogP contribution in [0.25, 0.3) is 12.2 Å². The van der Waals surface area contributed by atoms with Crippen molar-refractivity contribution < 1.29 is 9.69 Å². The summed E-state index contributed by atoms with van der Waals surface area (Å²) in [6.07, 6.45) is 5.19. The SMILES string of the molecule is CCC[NH+]1C/C(=C\c2ccc(Br)cc2)C(=O)/C(=C/c2ccc(Br)cc2)C1. The molecule has 1 aliphatic heterocycles. The summed E-state index contributed by atoms with van der Waals surface area (Å²) in [6, 6.07) is 16.2. The van der Waals surface area contributed by atoms with E-state index in [9.17, 15) is 4.79 Å². The topological polar surface area (TPSA) is 21.5 Å². The van der Waals surface area contributed by atoms with E-state index in [1.165, 1.54) is 4.90 Å². The van der Waals surface area contributed by atoms with Crippen molar-refractivity contribution in [1.82, 2.24) is 0 Å². The van der Waals surface area contributed by atoms with Crippen LogP contribution in [0.4, 0.5) is 0 Å². The van der Waals surface area contributed by atoms with E-state index in [1.54, 1.807) is 0 Å². The summed E-state index contributed by atoms with van der Waals surface area (Å²) >= 11 is 6.92. The minimum Gasteiger partial charge on any atom is -0.327 e. The Morgan fingerprint density at radius 2 is 1.27 bits per heavy atom. The molecule has 2 aromatic rings. The summed E-state index contributed by atoms with van der Waals surface area (Å²) < 4.78 is 2.09. The third kappa shape index (κ3) is 5.03. The number of carbonyl (C=O) groups is 1. The van der Waals surface area contributed by atoms with Gasteiger partial charge in [-0.2, -0.15) is 0 Å². The molecule has 1 heterocycles. The number of Topliss-reactive ketones (excluding diaryl/α,β-unsaturated/α-hetero) is 1. The van der Waals surface area contributed by atoms with Crippen LogP contribution in [0, 0.1) is 0 Å². The van der Waals surface area contributed by atoms with Crippen molar-refractivity contribution in [2.75, 3.05) is 19.6 Å². The van der Waals surface area contributed by atoms with Crippen molar-refractivity contribution in [3.8, 4) is 0 Å². The summed E-state index contributed by atoms with van der Waals surface area (Å²) in [4.78, 5) is 14.5. The number of likely N-dealkylation sites (tertiary alicyclic amines) is 1. The van der Waals surface area contributed by atoms with E-state index in [2.05, 4.69) is 38.8 Å². The van der Waals surface area contributed by atoms with Gasteiger partial charge in [0.1, 0.15) is 13.1 Å². The van der Waals surface area contributed by atoms with Crippen LogP contribution in [0.3, 0.4) is 0 Å². The Labute approximate surface area is 171 Å². The quantitative estimate of drug-likeness (QED) is 0.643. The highest BCUT2D eigenvalue weighted by atomic mass is 79.9. The predicted molar refractivity (Wildman–Crippen MR) is 115 cm³/mol. The molecule has 0 bridgehead atoms. The number of quaternary nitrogens is 1. The number of piperidine rings is 1. The molecule has 1 aliphatic rings. The van der Waals surface area contributed by atoms with Crippen LogP contribution >= 0.6 is 31.9 Å². The predicted octanol–water partition coefficient (Wildman–Crippen LogP) is 4.56. The Bertz CT molecular complexity index is 768. The molecule has 1 N–H and O–H groups in total. The fourth-order valence-corrected chi connectivity index (χ4v) is 3.78. The van der Waals surface area contributed by atoms with Crippen LogP contribution in [0.2, 0.25) is 0 Å². The number of hydrogen-bond acceptors (Lipinski definition) is 1. The number of halogens is 2. The van der Waals surface area contributed by atoms with E-state index in [0.29, 0.717) is 0 Å². The highest BCUT2D eigenvalue weighted by molar-refractivity contribution is 9.10. The number of ketones is 1. The first-order valence-electron chi connectivity index (χ1n) is 8.85. The number of benzene rings is 2. The third-order valence-electron chi connectivity index (χ3n) is 4.49. The average molecular weight is 476 g/mol. The van der Waals surface area contributed by atoms with Crippen LogP contribution in [0.5, 0.6) is 0 Å². The zero-order chi connectivity index (χ0) is 18.5. The standard InChI is InChI=1S/C22H21Br2NO/c1-2-11-25-14-18(12-16-3-7-20(23)8-4-16)22(26)19(15-25)13-17-5-9-21(24)10-6-17/h3-10,12-13H,2,11,14-15H2,1H3/p+1/b18-12+,19-13+. The van der Waals surface area contributed by atoms with Gasteiger partial charge >= 0.3 is 0 Å². The van der Waals surface area contributed by atoms with Gasteiger partial charge < -0.3 is 4.90 Å². The lowest BCUT2D eigenvalue weighted by Gasteiger charge is -2.26. The molecule has 0 unspecified atom stereocenters. The van der Waals surface area contributed by atoms with Gasteiger partial charge in [0.2, 0.25) is 0 Å². The van der Waals surface area contributed by atoms with E-state index >= 15 is 0 Å². The number of nitrogens with one attached hydrogen (secondary N) is 1. The molecule has 1 saturated heterocycles. The molecule has 0 radical (unpaired) electrons. The first-order chi connectivity index (χ1) is 12.5. The molecular formula is C22H22Br2NO+. The minimum atomic E-state index is 0.177. The monoisotopic (exact) mass is 474 g/mol. The maximum Gasteiger partial charge on any atom is 0.196 e. The zero-order valence-corrected chi connectivity index (χ0v) is 17.9. The summed E-state index contributed by atoms with van der Waals surface area (Å²) in [5, 5.41) is 0. The van der Waals surface area contributed by atoms with Gasteiger partial charge in [0, 0.05) is 8.95 Å². The van der Waals surface area contributed by atoms with Gasteiger partial charge in [-0.3, -0.25) is 4.79 Å². The second-order valence-corrected chi connectivity index (χ2v) is 8.46. The Hall–Kier alpha value is -1.49. The van der Waals surface area contributed by atoms with Crippen molar-refractivity contribution in [3.05, 3.63) is 79.7 Å². The second-order valence-electron chi connectivity index (χ2n) is 6.62. The summed E-state index contributed by atoms with van der Waals surface area (Å²) in [5.41, 5.74) is 3.92. The van der Waals surface area contributed by atoms with Gasteiger partial charge in [-0.05, 0) is 54.0 Å². The van der Waals surface area contributed by atoms with E-state index in [0.717, 1.165) is 57.3 Å². The van der Waals surface area contributed by atoms with Gasteiger partial charge in [-0.1, -0.05) is 63.0 Å². The Kier molecular flexibility index (Phi) is 6.63. The smallest absolute Gasteiger partial charge is 0.196 e. The third-order valence-corrected chi connectivity index (χ3v) is 5.55. The Morgan fingerprint density at radius 3 is 1.65 bits per heavy atom. The lowest BCUT2D eigenvalue weighted by atomic mass is 9.94. The van der Waals surface area contributed by atoms with Gasteiger partial charge in [0.05, 0.1) is 17.7 Å². The lowest BCUT2D eigenvalue weighted by molar-refractivity contribution is -0.891. The van der Waals surface area contributed by atoms with Crippen LogP contribution in [0.15, 0.2) is 68.6 Å². The molecule has 0 atom stereocenters. The summed E-state index contributed by atoms with van der Waals surface area (Å²) in [5.74, 6) is 0.177. The van der Waals surface area contributed by atoms with Gasteiger partial charge in [0.15, 0.2) is 5.78 Å². The normalized spacial score (nSPS) is 20.7. The van der Waals surface area contributed by atoms with Crippen molar-refractivity contribution in [2.24, 2.45) is 0 Å². The Balaban J connectivity index is 1.93. The fourth-order valence-electron chi connectivity index (χ4n) is 3.25. The highest BCUT2D eigenvalue weighted by Gasteiger charge is 2.28. The molecule has 0 spiro atoms. The summed E-state index contributed by atoms with van der Waals surface area (Å²) in [7, 11) is 0. The largest absolute Gasteiger partial charge is 0.327 e. The van der Waals surface area contributed by atoms with Crippen molar-refractivity contribution >= 4 is 49.8 Å². The van der Waals surface area contributed by atoms with Gasteiger partial charge in [0.25, 0.3) is 0 Å². The first-order valence-corrected chi connectivity index (χ1v) is 10.4. The van der Waals surface area contributed by atoms with Crippen LogP contribution in [0.1, 0.15) is 24.5 Å². The average Bonchev–Trinajstić information content (AvgIpc) is 2.63. The van der Waals surface area contributed by atoms with E-state index in [1.807, 2.05) is 60.7 Å². The zero-order valence-electron chi connectivity index (χ0n) is 14.8. The number of carbonyl (C=O) groups excluding carboxylic acids is 1. The molecule has 2 nitrogen and oxygen atoms in total. The van der Waals surface area contributed by atoms with Gasteiger partial charge in [-0.15, -0.1) is 0 Å². The second kappa shape index (κ2) is 8.94. The molecule has 3 rings (SSSR count). The van der Waals surface area contributed by atoms with E-state index < -0.39 is 0 Å². The first kappa shape index (κ1) is 19.3. The maximum atomic E-state index is 13.0. The molecule has 0 amide bonds. The maximum absolute atomic E-state index is 13.0. The minimum absolute atomic E-state index is 0.177. The molecule has 1 fully saturated rings. The van der Waals surface area contributed by atoms with E-state index in [-0.39, 0.29) is 5.78 Å². The van der Waals surface area contributed by atoms with Gasteiger partial charge in [-0.25, -0.2) is 0 Å². The van der Waals surface area contributed by atoms with Crippen molar-refractivity contribution in [1.29, 1.82) is 0 Å². The van der Waals surface area contributed by atoms with Crippen LogP contribution in [-0.2, 0) is 4.79 Å². The number of rotatable bonds is 4. The Morgan fingerprint density at radius 1 is 0.846 bits per heavy atom. The molecular weight excluding hydrogens is 454 g/mol. The van der Waals surface area contributed by atoms with Crippen molar-refractivity contribution in [3.63, 3.8) is 0 Å². The summed E-state index contributed by atoms with van der Waals surface area (Å²) in [6.45, 7) is 4.85. The number of hydrogen-bond donors (Lipinski definition) is 1. The molecule has 134 valence electrons. The van der Waals surface area contributed by atoms with Crippen LogP contribution in [-0.4, -0.2) is 25.4 Å². The van der Waals surface area contributed by atoms with Crippen molar-refractivity contribution in [2.45, 2.75) is 13.3 Å². The fraction of sp³-hybridized carbons (Fsp3) is 0.227.